The fraction of sp³-hybridized carbons (Fsp3) is 0.238. The van der Waals surface area contributed by atoms with E-state index in [0.29, 0.717) is 17.3 Å². The lowest BCUT2D eigenvalue weighted by molar-refractivity contribution is -0.124. The molecule has 0 unspecified atom stereocenters. The first-order valence-electron chi connectivity index (χ1n) is 8.83. The van der Waals surface area contributed by atoms with E-state index in [1.54, 1.807) is 6.08 Å². The van der Waals surface area contributed by atoms with E-state index in [-0.39, 0.29) is 17.2 Å². The van der Waals surface area contributed by atoms with Crippen molar-refractivity contribution in [1.29, 1.82) is 0 Å². The fourth-order valence-electron chi connectivity index (χ4n) is 2.69. The van der Waals surface area contributed by atoms with Crippen LogP contribution in [0.15, 0.2) is 56.3 Å². The van der Waals surface area contributed by atoms with E-state index in [1.165, 1.54) is 4.90 Å². The minimum absolute atomic E-state index is 0.117. The van der Waals surface area contributed by atoms with Crippen LogP contribution < -0.4 is 4.74 Å². The average Bonchev–Trinajstić information content (AvgIpc) is 2.95. The summed E-state index contributed by atoms with van der Waals surface area (Å²) in [7, 11) is 0. The summed E-state index contributed by atoms with van der Waals surface area (Å²) in [6, 6.07) is 13.4. The highest BCUT2D eigenvalue weighted by molar-refractivity contribution is 9.10. The highest BCUT2D eigenvalue weighted by Crippen LogP contribution is 2.36. The molecule has 0 radical (unpaired) electrons. The van der Waals surface area contributed by atoms with E-state index < -0.39 is 0 Å². The summed E-state index contributed by atoms with van der Waals surface area (Å²) in [4.78, 5) is 26.7. The predicted octanol–water partition coefficient (Wildman–Crippen LogP) is 6.63. The number of nitrogens with zero attached hydrogens (tertiary/aromatic N) is 1. The number of hydrogen-bond donors (Lipinski definition) is 0. The minimum atomic E-state index is -0.247. The summed E-state index contributed by atoms with van der Waals surface area (Å²) < 4.78 is 7.87. The van der Waals surface area contributed by atoms with Gasteiger partial charge in [-0.2, -0.15) is 0 Å². The smallest absolute Gasteiger partial charge is 0.293 e. The molecule has 0 N–H and O–H groups in total. The molecule has 0 aromatic heterocycles. The summed E-state index contributed by atoms with van der Waals surface area (Å²) in [5.41, 5.74) is 1.79. The molecular weight excluding hydrogens is 506 g/mol. The monoisotopic (exact) mass is 523 g/mol. The summed E-state index contributed by atoms with van der Waals surface area (Å²) >= 11 is 7.86. The molecule has 1 atom stereocenters. The molecule has 146 valence electrons. The molecular formula is C21H19Br2NO3S. The number of carbonyl (C=O) groups excluding carboxylic acids is 2. The van der Waals surface area contributed by atoms with Gasteiger partial charge in [-0.3, -0.25) is 14.5 Å². The highest BCUT2D eigenvalue weighted by atomic mass is 79.9. The van der Waals surface area contributed by atoms with Gasteiger partial charge in [0.2, 0.25) is 0 Å². The molecule has 1 fully saturated rings. The summed E-state index contributed by atoms with van der Waals surface area (Å²) in [5.74, 6) is 0.407. The van der Waals surface area contributed by atoms with Crippen LogP contribution in [0.2, 0.25) is 0 Å². The van der Waals surface area contributed by atoms with Gasteiger partial charge in [-0.15, -0.1) is 0 Å². The van der Waals surface area contributed by atoms with Gasteiger partial charge in [0.05, 0.1) is 4.91 Å². The van der Waals surface area contributed by atoms with Crippen LogP contribution in [0, 0.1) is 0 Å². The number of imide groups is 1. The van der Waals surface area contributed by atoms with Crippen molar-refractivity contribution in [3.05, 3.63) is 67.4 Å². The Morgan fingerprint density at radius 3 is 2.46 bits per heavy atom. The minimum Gasteiger partial charge on any atom is -0.488 e. The molecule has 3 rings (SSSR count). The maximum Gasteiger partial charge on any atom is 0.293 e. The second-order valence-electron chi connectivity index (χ2n) is 6.41. The molecule has 2 aromatic carbocycles. The van der Waals surface area contributed by atoms with Crippen molar-refractivity contribution in [3.8, 4) is 5.75 Å². The Morgan fingerprint density at radius 2 is 1.79 bits per heavy atom. The molecule has 1 aliphatic heterocycles. The van der Waals surface area contributed by atoms with E-state index in [9.17, 15) is 9.59 Å². The Labute approximate surface area is 185 Å². The first-order valence-corrected chi connectivity index (χ1v) is 11.2. The van der Waals surface area contributed by atoms with Crippen LogP contribution in [0.3, 0.4) is 0 Å². The Balaban J connectivity index is 1.84. The van der Waals surface area contributed by atoms with Gasteiger partial charge in [0, 0.05) is 20.6 Å². The Kier molecular flexibility index (Phi) is 7.01. The maximum atomic E-state index is 12.7. The summed E-state index contributed by atoms with van der Waals surface area (Å²) in [6.45, 7) is 4.25. The highest BCUT2D eigenvalue weighted by Gasteiger charge is 2.37. The normalized spacial score (nSPS) is 16.7. The zero-order valence-electron chi connectivity index (χ0n) is 15.4. The number of benzene rings is 2. The van der Waals surface area contributed by atoms with Gasteiger partial charge in [0.25, 0.3) is 11.1 Å². The molecule has 7 heteroatoms. The standard InChI is InChI=1S/C21H19Br2NO3S/c1-3-13(2)24-20(25)19(28-21(24)26)11-15-10-17(23)8-9-18(15)27-12-14-4-6-16(22)7-5-14/h4-11,13H,3,12H2,1-2H3/b19-11+/t13-/m0/s1. The Hall–Kier alpha value is -1.57. The van der Waals surface area contributed by atoms with Crippen molar-refractivity contribution in [1.82, 2.24) is 4.90 Å². The van der Waals surface area contributed by atoms with Gasteiger partial charge in [0.1, 0.15) is 12.4 Å². The van der Waals surface area contributed by atoms with E-state index in [4.69, 9.17) is 4.74 Å². The van der Waals surface area contributed by atoms with Crippen LogP contribution in [0.25, 0.3) is 6.08 Å². The largest absolute Gasteiger partial charge is 0.488 e. The lowest BCUT2D eigenvalue weighted by Crippen LogP contribution is -2.36. The Bertz CT molecular complexity index is 928. The molecule has 2 aromatic rings. The van der Waals surface area contributed by atoms with Crippen molar-refractivity contribution in [2.24, 2.45) is 0 Å². The van der Waals surface area contributed by atoms with Crippen molar-refractivity contribution in [3.63, 3.8) is 0 Å². The van der Waals surface area contributed by atoms with E-state index in [1.807, 2.05) is 56.3 Å². The zero-order chi connectivity index (χ0) is 20.3. The molecule has 4 nitrogen and oxygen atoms in total. The lowest BCUT2D eigenvalue weighted by atomic mass is 10.1. The number of amides is 2. The van der Waals surface area contributed by atoms with Gasteiger partial charge in [-0.05, 0) is 67.1 Å². The summed E-state index contributed by atoms with van der Waals surface area (Å²) in [5, 5.41) is -0.224. The number of hydrogen-bond acceptors (Lipinski definition) is 4. The van der Waals surface area contributed by atoms with Gasteiger partial charge < -0.3 is 4.74 Å². The fourth-order valence-corrected chi connectivity index (χ4v) is 4.25. The van der Waals surface area contributed by atoms with E-state index >= 15 is 0 Å². The zero-order valence-corrected chi connectivity index (χ0v) is 19.4. The third-order valence-corrected chi connectivity index (χ3v) is 6.33. The quantitative estimate of drug-likeness (QED) is 0.398. The molecule has 0 aliphatic carbocycles. The second-order valence-corrected chi connectivity index (χ2v) is 9.23. The topological polar surface area (TPSA) is 46.6 Å². The number of ether oxygens (including phenoxy) is 1. The van der Waals surface area contributed by atoms with Crippen LogP contribution in [-0.2, 0) is 11.4 Å². The predicted molar refractivity (Wildman–Crippen MR) is 120 cm³/mol. The van der Waals surface area contributed by atoms with Crippen molar-refractivity contribution < 1.29 is 14.3 Å². The van der Waals surface area contributed by atoms with Gasteiger partial charge in [-0.1, -0.05) is 50.9 Å². The van der Waals surface area contributed by atoms with Gasteiger partial charge >= 0.3 is 0 Å². The first kappa shape index (κ1) is 21.1. The molecule has 1 saturated heterocycles. The molecule has 28 heavy (non-hydrogen) atoms. The molecule has 0 saturated carbocycles. The average molecular weight is 525 g/mol. The Morgan fingerprint density at radius 1 is 1.11 bits per heavy atom. The number of rotatable bonds is 6. The number of carbonyl (C=O) groups is 2. The maximum absolute atomic E-state index is 12.7. The first-order chi connectivity index (χ1) is 13.4. The second kappa shape index (κ2) is 9.29. The van der Waals surface area contributed by atoms with Crippen LogP contribution in [0.4, 0.5) is 4.79 Å². The van der Waals surface area contributed by atoms with Crippen LogP contribution in [0.5, 0.6) is 5.75 Å². The van der Waals surface area contributed by atoms with Gasteiger partial charge in [-0.25, -0.2) is 0 Å². The van der Waals surface area contributed by atoms with Crippen molar-refractivity contribution in [2.45, 2.75) is 32.9 Å². The van der Waals surface area contributed by atoms with E-state index in [2.05, 4.69) is 31.9 Å². The number of halogens is 2. The van der Waals surface area contributed by atoms with Crippen LogP contribution >= 0.6 is 43.6 Å². The molecule has 1 heterocycles. The SMILES string of the molecule is CC[C@H](C)N1C(=O)S/C(=C/c2cc(Br)ccc2OCc2ccc(Br)cc2)C1=O. The molecule has 2 amide bonds. The van der Waals surface area contributed by atoms with Crippen LogP contribution in [0.1, 0.15) is 31.4 Å². The number of thioether (sulfide) groups is 1. The third-order valence-electron chi connectivity index (χ3n) is 4.42. The van der Waals surface area contributed by atoms with Crippen LogP contribution in [-0.4, -0.2) is 22.1 Å². The molecule has 1 aliphatic rings. The third kappa shape index (κ3) is 4.88. The van der Waals surface area contributed by atoms with Crippen molar-refractivity contribution >= 4 is 60.8 Å². The van der Waals surface area contributed by atoms with Gasteiger partial charge in [0.15, 0.2) is 0 Å². The summed E-state index contributed by atoms with van der Waals surface area (Å²) in [6.07, 6.45) is 2.46. The van der Waals surface area contributed by atoms with E-state index in [0.717, 1.165) is 38.3 Å². The lowest BCUT2D eigenvalue weighted by Gasteiger charge is -2.19. The molecule has 0 spiro atoms. The van der Waals surface area contributed by atoms with Crippen molar-refractivity contribution in [2.75, 3.05) is 0 Å². The molecule has 0 bridgehead atoms.